The molecule has 1 aromatic rings. The Hall–Kier alpha value is -0.910. The monoisotopic (exact) mass is 283 g/mol. The van der Waals surface area contributed by atoms with E-state index in [2.05, 4.69) is 18.5 Å². The summed E-state index contributed by atoms with van der Waals surface area (Å²) in [6, 6.07) is 6.00. The van der Waals surface area contributed by atoms with Crippen molar-refractivity contribution in [3.8, 4) is 11.5 Å². The molecule has 1 heterocycles. The van der Waals surface area contributed by atoms with E-state index in [0.29, 0.717) is 25.8 Å². The van der Waals surface area contributed by atoms with Crippen LogP contribution in [0.5, 0.6) is 11.5 Å². The maximum absolute atomic E-state index is 10.2. The number of fused-ring (bicyclic) bond motifs is 1. The average Bonchev–Trinajstić information content (AvgIpc) is 2.44. The molecule has 0 saturated heterocycles. The Labute approximate surface area is 118 Å². The number of benzene rings is 1. The summed E-state index contributed by atoms with van der Waals surface area (Å²) >= 11 is 1.80. The van der Waals surface area contributed by atoms with Gasteiger partial charge >= 0.3 is 0 Å². The number of aliphatic hydroxyl groups excluding tert-OH is 1. The van der Waals surface area contributed by atoms with Gasteiger partial charge in [-0.15, -0.1) is 0 Å². The highest BCUT2D eigenvalue weighted by Crippen LogP contribution is 2.32. The Morgan fingerprint density at radius 2 is 2.05 bits per heavy atom. The topological polar surface area (TPSA) is 50.7 Å². The van der Waals surface area contributed by atoms with Crippen LogP contribution in [0.2, 0.25) is 0 Å². The van der Waals surface area contributed by atoms with Crippen LogP contribution in [0.3, 0.4) is 0 Å². The molecule has 0 fully saturated rings. The molecule has 2 N–H and O–H groups in total. The van der Waals surface area contributed by atoms with Crippen molar-refractivity contribution >= 4 is 11.8 Å². The minimum absolute atomic E-state index is 0.391. The summed E-state index contributed by atoms with van der Waals surface area (Å²) in [6.07, 6.45) is 1.55. The summed E-state index contributed by atoms with van der Waals surface area (Å²) in [6.45, 7) is 3.81. The third-order valence-electron chi connectivity index (χ3n) is 3.03. The highest BCUT2D eigenvalue weighted by atomic mass is 32.2. The second kappa shape index (κ2) is 7.03. The smallest absolute Gasteiger partial charge is 0.161 e. The fraction of sp³-hybridized carbons (Fsp3) is 0.571. The van der Waals surface area contributed by atoms with Gasteiger partial charge in [0.2, 0.25) is 0 Å². The summed E-state index contributed by atoms with van der Waals surface area (Å²) in [5, 5.41) is 13.5. The number of aliphatic hydroxyl groups is 1. The van der Waals surface area contributed by atoms with Gasteiger partial charge in [-0.05, 0) is 30.9 Å². The molecule has 4 nitrogen and oxygen atoms in total. The molecule has 2 unspecified atom stereocenters. The first-order valence-electron chi connectivity index (χ1n) is 6.50. The van der Waals surface area contributed by atoms with Gasteiger partial charge in [0.1, 0.15) is 13.2 Å². The van der Waals surface area contributed by atoms with Crippen molar-refractivity contribution in [1.82, 2.24) is 5.32 Å². The molecule has 2 rings (SSSR count). The van der Waals surface area contributed by atoms with Gasteiger partial charge in [0.05, 0.1) is 6.10 Å². The molecule has 5 heteroatoms. The largest absolute Gasteiger partial charge is 0.486 e. The van der Waals surface area contributed by atoms with E-state index in [1.807, 2.05) is 18.2 Å². The van der Waals surface area contributed by atoms with Gasteiger partial charge in [-0.3, -0.25) is 0 Å². The number of rotatable bonds is 6. The Kier molecular flexibility index (Phi) is 5.36. The van der Waals surface area contributed by atoms with Crippen molar-refractivity contribution in [2.24, 2.45) is 0 Å². The Bertz CT molecular complexity index is 414. The van der Waals surface area contributed by atoms with Crippen LogP contribution in [-0.2, 0) is 0 Å². The highest BCUT2D eigenvalue weighted by molar-refractivity contribution is 7.98. The van der Waals surface area contributed by atoms with Gasteiger partial charge in [0, 0.05) is 18.3 Å². The van der Waals surface area contributed by atoms with Crippen molar-refractivity contribution in [2.45, 2.75) is 19.1 Å². The van der Waals surface area contributed by atoms with Crippen molar-refractivity contribution in [3.63, 3.8) is 0 Å². The summed E-state index contributed by atoms with van der Waals surface area (Å²) in [5.74, 6) is 2.51. The van der Waals surface area contributed by atoms with E-state index < -0.39 is 6.10 Å². The zero-order chi connectivity index (χ0) is 13.7. The molecule has 1 aliphatic rings. The fourth-order valence-corrected chi connectivity index (χ4v) is 2.62. The van der Waals surface area contributed by atoms with Crippen LogP contribution < -0.4 is 14.8 Å². The summed E-state index contributed by atoms with van der Waals surface area (Å²) in [4.78, 5) is 0. The Morgan fingerprint density at radius 3 is 2.79 bits per heavy atom. The van der Waals surface area contributed by atoms with E-state index >= 15 is 0 Å². The zero-order valence-electron chi connectivity index (χ0n) is 11.4. The lowest BCUT2D eigenvalue weighted by atomic mass is 10.1. The second-order valence-corrected chi connectivity index (χ2v) is 5.59. The quantitative estimate of drug-likeness (QED) is 0.834. The van der Waals surface area contributed by atoms with Crippen molar-refractivity contribution in [2.75, 3.05) is 31.8 Å². The molecule has 106 valence electrons. The maximum Gasteiger partial charge on any atom is 0.161 e. The normalized spacial score (nSPS) is 17.0. The molecule has 0 radical (unpaired) electrons. The standard InChI is InChI=1S/C14H21NO3S/c1-10(9-19-2)15-8-12(16)11-3-4-13-14(7-11)18-6-5-17-13/h3-4,7,10,12,15-16H,5-6,8-9H2,1-2H3. The number of hydrogen-bond acceptors (Lipinski definition) is 5. The first-order valence-corrected chi connectivity index (χ1v) is 7.90. The van der Waals surface area contributed by atoms with Crippen LogP contribution in [0.1, 0.15) is 18.6 Å². The first kappa shape index (κ1) is 14.5. The highest BCUT2D eigenvalue weighted by Gasteiger charge is 2.15. The van der Waals surface area contributed by atoms with Crippen molar-refractivity contribution in [1.29, 1.82) is 0 Å². The predicted octanol–water partition coefficient (Wildman–Crippen LogP) is 1.83. The molecular formula is C14H21NO3S. The van der Waals surface area contributed by atoms with E-state index in [-0.39, 0.29) is 0 Å². The SMILES string of the molecule is CSCC(C)NCC(O)c1ccc2c(c1)OCCO2. The lowest BCUT2D eigenvalue weighted by Crippen LogP contribution is -2.32. The molecule has 1 aromatic carbocycles. The van der Waals surface area contributed by atoms with Gasteiger partial charge in [-0.2, -0.15) is 11.8 Å². The summed E-state index contributed by atoms with van der Waals surface area (Å²) in [5.41, 5.74) is 0.855. The second-order valence-electron chi connectivity index (χ2n) is 4.68. The third-order valence-corrected chi connectivity index (χ3v) is 3.86. The van der Waals surface area contributed by atoms with Crippen molar-refractivity contribution < 1.29 is 14.6 Å². The molecule has 0 bridgehead atoms. The predicted molar refractivity (Wildman–Crippen MR) is 78.2 cm³/mol. The molecule has 0 aromatic heterocycles. The van der Waals surface area contributed by atoms with Crippen LogP contribution in [-0.4, -0.2) is 42.9 Å². The summed E-state index contributed by atoms with van der Waals surface area (Å²) in [7, 11) is 0. The fourth-order valence-electron chi connectivity index (χ4n) is 2.01. The van der Waals surface area contributed by atoms with Crippen LogP contribution in [0.4, 0.5) is 0 Å². The molecule has 2 atom stereocenters. The van der Waals surface area contributed by atoms with Crippen LogP contribution >= 0.6 is 11.8 Å². The Balaban J connectivity index is 1.93. The van der Waals surface area contributed by atoms with E-state index in [1.165, 1.54) is 0 Å². The van der Waals surface area contributed by atoms with E-state index in [4.69, 9.17) is 9.47 Å². The van der Waals surface area contributed by atoms with Crippen molar-refractivity contribution in [3.05, 3.63) is 23.8 Å². The molecule has 0 saturated carbocycles. The molecular weight excluding hydrogens is 262 g/mol. The molecule has 0 aliphatic carbocycles. The van der Waals surface area contributed by atoms with E-state index in [1.54, 1.807) is 11.8 Å². The molecule has 0 amide bonds. The molecule has 19 heavy (non-hydrogen) atoms. The van der Waals surface area contributed by atoms with Gasteiger partial charge in [0.25, 0.3) is 0 Å². The number of ether oxygens (including phenoxy) is 2. The summed E-state index contributed by atoms with van der Waals surface area (Å²) < 4.78 is 11.0. The van der Waals surface area contributed by atoms with Crippen LogP contribution in [0.25, 0.3) is 0 Å². The Morgan fingerprint density at radius 1 is 1.32 bits per heavy atom. The minimum atomic E-state index is -0.528. The van der Waals surface area contributed by atoms with E-state index in [0.717, 1.165) is 22.8 Å². The lowest BCUT2D eigenvalue weighted by molar-refractivity contribution is 0.162. The molecule has 1 aliphatic heterocycles. The van der Waals surface area contributed by atoms with Gasteiger partial charge in [0.15, 0.2) is 11.5 Å². The van der Waals surface area contributed by atoms with Gasteiger partial charge in [-0.1, -0.05) is 6.07 Å². The maximum atomic E-state index is 10.2. The number of thioether (sulfide) groups is 1. The average molecular weight is 283 g/mol. The third kappa shape index (κ3) is 4.03. The van der Waals surface area contributed by atoms with Crippen LogP contribution in [0.15, 0.2) is 18.2 Å². The van der Waals surface area contributed by atoms with E-state index in [9.17, 15) is 5.11 Å². The lowest BCUT2D eigenvalue weighted by Gasteiger charge is -2.21. The van der Waals surface area contributed by atoms with Crippen LogP contribution in [0, 0.1) is 0 Å². The number of hydrogen-bond donors (Lipinski definition) is 2. The minimum Gasteiger partial charge on any atom is -0.486 e. The zero-order valence-corrected chi connectivity index (χ0v) is 12.2. The molecule has 0 spiro atoms. The van der Waals surface area contributed by atoms with Gasteiger partial charge < -0.3 is 19.9 Å². The first-order chi connectivity index (χ1) is 9.20. The number of nitrogens with one attached hydrogen (secondary N) is 1. The van der Waals surface area contributed by atoms with Gasteiger partial charge in [-0.25, -0.2) is 0 Å².